The Morgan fingerprint density at radius 2 is 1.92 bits per heavy atom. The number of benzene rings is 1. The molecule has 2 saturated carbocycles. The maximum Gasteiger partial charge on any atom is 0.231 e. The molecule has 1 heterocycles. The maximum atomic E-state index is 12.7. The lowest BCUT2D eigenvalue weighted by atomic mass is 9.65. The van der Waals surface area contributed by atoms with Crippen molar-refractivity contribution in [2.75, 3.05) is 6.79 Å². The van der Waals surface area contributed by atoms with E-state index in [-0.39, 0.29) is 24.7 Å². The van der Waals surface area contributed by atoms with Crippen LogP contribution in [0.3, 0.4) is 0 Å². The van der Waals surface area contributed by atoms with E-state index in [1.54, 1.807) is 0 Å². The lowest BCUT2D eigenvalue weighted by Gasteiger charge is -2.43. The molecule has 5 nitrogen and oxygen atoms in total. The molecule has 0 saturated heterocycles. The maximum absolute atomic E-state index is 12.7. The Labute approximate surface area is 142 Å². The topological polar surface area (TPSA) is 73.6 Å². The van der Waals surface area contributed by atoms with Crippen molar-refractivity contribution in [3.63, 3.8) is 0 Å². The third kappa shape index (κ3) is 2.86. The van der Waals surface area contributed by atoms with Crippen LogP contribution in [0.2, 0.25) is 0 Å². The SMILES string of the molecule is CC(NC(=O)C1CC2CCCC(C1)C2N)c1ccc2c(c1)OCO2. The van der Waals surface area contributed by atoms with Crippen LogP contribution in [0.15, 0.2) is 18.2 Å². The molecule has 1 aromatic carbocycles. The van der Waals surface area contributed by atoms with Crippen LogP contribution in [0.1, 0.15) is 50.6 Å². The smallest absolute Gasteiger partial charge is 0.231 e. The Morgan fingerprint density at radius 1 is 1.21 bits per heavy atom. The van der Waals surface area contributed by atoms with Gasteiger partial charge in [-0.3, -0.25) is 4.79 Å². The summed E-state index contributed by atoms with van der Waals surface area (Å²) in [4.78, 5) is 12.7. The first-order valence-electron chi connectivity index (χ1n) is 9.07. The zero-order valence-electron chi connectivity index (χ0n) is 14.2. The van der Waals surface area contributed by atoms with Crippen LogP contribution < -0.4 is 20.5 Å². The average molecular weight is 330 g/mol. The second-order valence-electron chi connectivity index (χ2n) is 7.54. The van der Waals surface area contributed by atoms with E-state index in [0.717, 1.165) is 29.9 Å². The van der Waals surface area contributed by atoms with Crippen molar-refractivity contribution in [1.29, 1.82) is 0 Å². The summed E-state index contributed by atoms with van der Waals surface area (Å²) in [6.45, 7) is 2.29. The van der Waals surface area contributed by atoms with Crippen LogP contribution >= 0.6 is 0 Å². The Kier molecular flexibility index (Phi) is 4.12. The summed E-state index contributed by atoms with van der Waals surface area (Å²) < 4.78 is 10.8. The largest absolute Gasteiger partial charge is 0.454 e. The van der Waals surface area contributed by atoms with E-state index >= 15 is 0 Å². The Morgan fingerprint density at radius 3 is 2.67 bits per heavy atom. The van der Waals surface area contributed by atoms with Gasteiger partial charge in [-0.25, -0.2) is 0 Å². The van der Waals surface area contributed by atoms with Crippen LogP contribution in [0.25, 0.3) is 0 Å². The third-order valence-corrected chi connectivity index (χ3v) is 6.04. The van der Waals surface area contributed by atoms with Gasteiger partial charge in [0.15, 0.2) is 11.5 Å². The first-order valence-corrected chi connectivity index (χ1v) is 9.07. The number of hydrogen-bond donors (Lipinski definition) is 2. The highest BCUT2D eigenvalue weighted by Crippen LogP contribution is 2.42. The normalized spacial score (nSPS) is 32.2. The van der Waals surface area contributed by atoms with E-state index in [2.05, 4.69) is 5.32 Å². The monoisotopic (exact) mass is 330 g/mol. The molecule has 1 aliphatic heterocycles. The van der Waals surface area contributed by atoms with Gasteiger partial charge in [0.25, 0.3) is 0 Å². The summed E-state index contributed by atoms with van der Waals surface area (Å²) in [5.41, 5.74) is 7.38. The lowest BCUT2D eigenvalue weighted by molar-refractivity contribution is -0.128. The van der Waals surface area contributed by atoms with Crippen LogP contribution in [0, 0.1) is 17.8 Å². The summed E-state index contributed by atoms with van der Waals surface area (Å²) >= 11 is 0. The molecule has 0 spiro atoms. The molecular formula is C19H26N2O3. The number of fused-ring (bicyclic) bond motifs is 3. The minimum absolute atomic E-state index is 0.0394. The van der Waals surface area contributed by atoms with E-state index in [9.17, 15) is 4.79 Å². The second kappa shape index (κ2) is 6.28. The summed E-state index contributed by atoms with van der Waals surface area (Å²) in [5.74, 6) is 2.85. The molecule has 3 atom stereocenters. The number of nitrogens with two attached hydrogens (primary N) is 1. The van der Waals surface area contributed by atoms with Crippen LogP contribution in [0.5, 0.6) is 11.5 Å². The van der Waals surface area contributed by atoms with Gasteiger partial charge in [0.1, 0.15) is 0 Å². The standard InChI is InChI=1S/C19H26N2O3/c1-11(12-5-6-16-17(9-12)24-10-23-16)21-19(22)15-7-13-3-2-4-14(8-15)18(13)20/h5-6,9,11,13-15,18H,2-4,7-8,10,20H2,1H3,(H,21,22). The summed E-state index contributed by atoms with van der Waals surface area (Å²) in [7, 11) is 0. The number of ether oxygens (including phenoxy) is 2. The second-order valence-corrected chi connectivity index (χ2v) is 7.54. The Hall–Kier alpha value is -1.75. The van der Waals surface area contributed by atoms with Gasteiger partial charge in [-0.1, -0.05) is 12.5 Å². The molecule has 24 heavy (non-hydrogen) atoms. The fourth-order valence-corrected chi connectivity index (χ4v) is 4.60. The molecule has 4 rings (SSSR count). The fraction of sp³-hybridized carbons (Fsp3) is 0.632. The fourth-order valence-electron chi connectivity index (χ4n) is 4.60. The van der Waals surface area contributed by atoms with Crippen molar-refractivity contribution in [3.05, 3.63) is 23.8 Å². The lowest BCUT2D eigenvalue weighted by Crippen LogP contribution is -2.49. The van der Waals surface area contributed by atoms with Gasteiger partial charge in [-0.15, -0.1) is 0 Å². The van der Waals surface area contributed by atoms with E-state index in [4.69, 9.17) is 15.2 Å². The van der Waals surface area contributed by atoms with Crippen molar-refractivity contribution in [2.45, 2.75) is 51.1 Å². The number of amides is 1. The molecule has 1 amide bonds. The first-order chi connectivity index (χ1) is 11.6. The molecule has 0 aromatic heterocycles. The minimum Gasteiger partial charge on any atom is -0.454 e. The first kappa shape index (κ1) is 15.8. The summed E-state index contributed by atoms with van der Waals surface area (Å²) in [6, 6.07) is 6.11. The van der Waals surface area contributed by atoms with Crippen molar-refractivity contribution in [2.24, 2.45) is 23.5 Å². The minimum atomic E-state index is -0.0394. The third-order valence-electron chi connectivity index (χ3n) is 6.04. The molecule has 5 heteroatoms. The van der Waals surface area contributed by atoms with Crippen LogP contribution in [-0.2, 0) is 4.79 Å². The van der Waals surface area contributed by atoms with E-state index in [0.29, 0.717) is 17.9 Å². The Bertz CT molecular complexity index is 619. The van der Waals surface area contributed by atoms with Crippen molar-refractivity contribution >= 4 is 5.91 Å². The Balaban J connectivity index is 1.40. The van der Waals surface area contributed by atoms with Gasteiger partial charge in [-0.05, 0) is 62.1 Å². The molecule has 2 fully saturated rings. The van der Waals surface area contributed by atoms with Crippen LogP contribution in [0.4, 0.5) is 0 Å². The molecular weight excluding hydrogens is 304 g/mol. The van der Waals surface area contributed by atoms with Gasteiger partial charge in [0, 0.05) is 12.0 Å². The number of hydrogen-bond acceptors (Lipinski definition) is 4. The zero-order chi connectivity index (χ0) is 16.7. The van der Waals surface area contributed by atoms with E-state index in [1.165, 1.54) is 19.3 Å². The van der Waals surface area contributed by atoms with E-state index < -0.39 is 0 Å². The molecule has 3 unspecified atom stereocenters. The van der Waals surface area contributed by atoms with Crippen LogP contribution in [-0.4, -0.2) is 18.7 Å². The predicted molar refractivity (Wildman–Crippen MR) is 90.7 cm³/mol. The average Bonchev–Trinajstić information content (AvgIpc) is 3.01. The highest BCUT2D eigenvalue weighted by Gasteiger charge is 2.40. The highest BCUT2D eigenvalue weighted by molar-refractivity contribution is 5.79. The number of carbonyl (C=O) groups excluding carboxylic acids is 1. The van der Waals surface area contributed by atoms with Gasteiger partial charge in [0.05, 0.1) is 6.04 Å². The highest BCUT2D eigenvalue weighted by atomic mass is 16.7. The van der Waals surface area contributed by atoms with Gasteiger partial charge in [-0.2, -0.15) is 0 Å². The van der Waals surface area contributed by atoms with Gasteiger partial charge < -0.3 is 20.5 Å². The van der Waals surface area contributed by atoms with Gasteiger partial charge in [0.2, 0.25) is 12.7 Å². The molecule has 1 aromatic rings. The zero-order valence-corrected chi connectivity index (χ0v) is 14.2. The molecule has 0 radical (unpaired) electrons. The number of nitrogens with one attached hydrogen (secondary N) is 1. The van der Waals surface area contributed by atoms with Gasteiger partial charge >= 0.3 is 0 Å². The number of rotatable bonds is 3. The molecule has 130 valence electrons. The summed E-state index contributed by atoms with van der Waals surface area (Å²) in [5, 5.41) is 3.19. The molecule has 2 bridgehead atoms. The van der Waals surface area contributed by atoms with Crippen molar-refractivity contribution in [1.82, 2.24) is 5.32 Å². The summed E-state index contributed by atoms with van der Waals surface area (Å²) in [6.07, 6.45) is 5.51. The quantitative estimate of drug-likeness (QED) is 0.894. The molecule has 3 N–H and O–H groups in total. The number of carbonyl (C=O) groups is 1. The van der Waals surface area contributed by atoms with Crippen molar-refractivity contribution < 1.29 is 14.3 Å². The molecule has 3 aliphatic rings. The van der Waals surface area contributed by atoms with Crippen molar-refractivity contribution in [3.8, 4) is 11.5 Å². The predicted octanol–water partition coefficient (Wildman–Crippen LogP) is 2.75. The van der Waals surface area contributed by atoms with E-state index in [1.807, 2.05) is 25.1 Å². The molecule has 2 aliphatic carbocycles.